The molecule has 0 rings (SSSR count). The van der Waals surface area contributed by atoms with E-state index >= 15 is 0 Å². The summed E-state index contributed by atoms with van der Waals surface area (Å²) in [5.41, 5.74) is 0. The van der Waals surface area contributed by atoms with Gasteiger partial charge in [-0.25, -0.2) is 9.59 Å². The number of aliphatic hydroxyl groups is 10. The quantitative estimate of drug-likeness (QED) is 0.154. The molecule has 0 aliphatic heterocycles. The number of carbonyl (C=O) groups is 2. The summed E-state index contributed by atoms with van der Waals surface area (Å²) in [6, 6.07) is 0. The molecule has 14 nitrogen and oxygen atoms in total. The van der Waals surface area contributed by atoms with Crippen LogP contribution < -0.4 is 0 Å². The Bertz CT molecular complexity index is 385. The van der Waals surface area contributed by atoms with Crippen LogP contribution >= 0.6 is 12.4 Å². The summed E-state index contributed by atoms with van der Waals surface area (Å²) in [7, 11) is 0. The second-order valence-corrected chi connectivity index (χ2v) is 5.03. The molecule has 0 fully saturated rings. The predicted octanol–water partition coefficient (Wildman–Crippen LogP) is -6.56. The minimum Gasteiger partial charge on any atom is -0.479 e. The van der Waals surface area contributed by atoms with Crippen LogP contribution in [-0.4, -0.2) is 135 Å². The Morgan fingerprint density at radius 3 is 0.926 bits per heavy atom. The Balaban J connectivity index is -0.000000411. The van der Waals surface area contributed by atoms with Gasteiger partial charge >= 0.3 is 11.9 Å². The smallest absolute Gasteiger partial charge is 0.335 e. The highest BCUT2D eigenvalue weighted by atomic mass is 35.5. The van der Waals surface area contributed by atoms with E-state index in [0.717, 1.165) is 0 Å². The first-order chi connectivity index (χ1) is 11.8. The van der Waals surface area contributed by atoms with Gasteiger partial charge in [0.15, 0.2) is 12.2 Å². The fourth-order valence-corrected chi connectivity index (χ4v) is 1.34. The van der Waals surface area contributed by atoms with Crippen molar-refractivity contribution in [1.29, 1.82) is 0 Å². The maximum absolute atomic E-state index is 10.1. The Morgan fingerprint density at radius 1 is 0.556 bits per heavy atom. The molecule has 0 aromatic carbocycles. The monoisotopic (exact) mass is 428 g/mol. The van der Waals surface area contributed by atoms with Crippen LogP contribution in [0.5, 0.6) is 0 Å². The van der Waals surface area contributed by atoms with E-state index in [1.54, 1.807) is 0 Å². The molecule has 12 N–H and O–H groups in total. The third-order valence-electron chi connectivity index (χ3n) is 3.02. The van der Waals surface area contributed by atoms with Gasteiger partial charge in [0.2, 0.25) is 0 Å². The molecule has 27 heavy (non-hydrogen) atoms. The molecule has 15 heteroatoms. The lowest BCUT2D eigenvalue weighted by Crippen LogP contribution is -2.48. The Morgan fingerprint density at radius 2 is 0.778 bits per heavy atom. The predicted molar refractivity (Wildman–Crippen MR) is 84.7 cm³/mol. The third kappa shape index (κ3) is 10.7. The maximum atomic E-state index is 10.1. The summed E-state index contributed by atoms with van der Waals surface area (Å²) in [5.74, 6) is -3.45. The largest absolute Gasteiger partial charge is 0.479 e. The van der Waals surface area contributed by atoms with Crippen LogP contribution in [-0.2, 0) is 9.59 Å². The molecule has 8 atom stereocenters. The van der Waals surface area contributed by atoms with Gasteiger partial charge in [-0.15, -0.1) is 12.4 Å². The third-order valence-corrected chi connectivity index (χ3v) is 3.02. The molecule has 0 saturated heterocycles. The number of carboxylic acid groups (broad SMARTS) is 2. The molecule has 0 aromatic heterocycles. The van der Waals surface area contributed by atoms with Gasteiger partial charge in [-0.2, -0.15) is 0 Å². The zero-order valence-electron chi connectivity index (χ0n) is 13.6. The molecule has 0 unspecified atom stereocenters. The number of rotatable bonds is 10. The number of halogens is 1. The molecular formula is C12H25ClO14. The summed E-state index contributed by atoms with van der Waals surface area (Å²) in [5, 5.41) is 104. The molecule has 0 bridgehead atoms. The van der Waals surface area contributed by atoms with Crippen molar-refractivity contribution < 1.29 is 70.9 Å². The van der Waals surface area contributed by atoms with Crippen LogP contribution in [0.4, 0.5) is 0 Å². The summed E-state index contributed by atoms with van der Waals surface area (Å²) in [4.78, 5) is 20.2. The highest BCUT2D eigenvalue weighted by Crippen LogP contribution is 2.05. The van der Waals surface area contributed by atoms with Gasteiger partial charge in [0.1, 0.15) is 36.6 Å². The normalized spacial score (nSPS) is 19.6. The fraction of sp³-hybridized carbons (Fsp3) is 0.833. The van der Waals surface area contributed by atoms with E-state index in [-0.39, 0.29) is 12.4 Å². The summed E-state index contributed by atoms with van der Waals surface area (Å²) in [6.07, 6.45) is -15.7. The van der Waals surface area contributed by atoms with E-state index in [4.69, 9.17) is 61.3 Å². The van der Waals surface area contributed by atoms with Crippen molar-refractivity contribution in [2.45, 2.75) is 48.8 Å². The van der Waals surface area contributed by atoms with Crippen molar-refractivity contribution >= 4 is 24.3 Å². The van der Waals surface area contributed by atoms with Crippen LogP contribution in [0.15, 0.2) is 0 Å². The van der Waals surface area contributed by atoms with Gasteiger partial charge in [0.05, 0.1) is 13.2 Å². The van der Waals surface area contributed by atoms with E-state index in [1.807, 2.05) is 0 Å². The molecular weight excluding hydrogens is 404 g/mol. The molecule has 0 aromatic rings. The van der Waals surface area contributed by atoms with Crippen LogP contribution in [0, 0.1) is 0 Å². The zero-order chi connectivity index (χ0) is 21.2. The van der Waals surface area contributed by atoms with Crippen LogP contribution in [0.2, 0.25) is 0 Å². The average Bonchev–Trinajstić information content (AvgIpc) is 2.62. The molecule has 0 spiro atoms. The average molecular weight is 429 g/mol. The minimum atomic E-state index is -2.20. The van der Waals surface area contributed by atoms with Crippen molar-refractivity contribution in [2.24, 2.45) is 0 Å². The molecule has 0 aliphatic carbocycles. The van der Waals surface area contributed by atoms with Gasteiger partial charge in [0.25, 0.3) is 0 Å². The van der Waals surface area contributed by atoms with Crippen molar-refractivity contribution in [3.05, 3.63) is 0 Å². The SMILES string of the molecule is Cl.O=C(O)[C@H](O)[C@@H](O)[C@H](O)[C@H](O)CO.O=C(O)[C@H](O)[C@@H](O)[C@H](O)[C@H](O)CO. The highest BCUT2D eigenvalue weighted by molar-refractivity contribution is 5.85. The van der Waals surface area contributed by atoms with E-state index in [0.29, 0.717) is 0 Å². The van der Waals surface area contributed by atoms with E-state index in [2.05, 4.69) is 0 Å². The van der Waals surface area contributed by atoms with E-state index in [9.17, 15) is 9.59 Å². The lowest BCUT2D eigenvalue weighted by Gasteiger charge is -2.23. The lowest BCUT2D eigenvalue weighted by molar-refractivity contribution is -0.164. The Labute approximate surface area is 158 Å². The van der Waals surface area contributed by atoms with Gasteiger partial charge in [-0.3, -0.25) is 0 Å². The summed E-state index contributed by atoms with van der Waals surface area (Å²) < 4.78 is 0. The molecule has 0 radical (unpaired) electrons. The van der Waals surface area contributed by atoms with Gasteiger partial charge in [-0.05, 0) is 0 Å². The van der Waals surface area contributed by atoms with Crippen LogP contribution in [0.1, 0.15) is 0 Å². The lowest BCUT2D eigenvalue weighted by atomic mass is 10.0. The number of hydrogen-bond donors (Lipinski definition) is 12. The molecule has 0 heterocycles. The van der Waals surface area contributed by atoms with Gasteiger partial charge < -0.3 is 61.3 Å². The van der Waals surface area contributed by atoms with Crippen molar-refractivity contribution in [2.75, 3.05) is 13.2 Å². The van der Waals surface area contributed by atoms with Gasteiger partial charge in [-0.1, -0.05) is 0 Å². The van der Waals surface area contributed by atoms with Crippen LogP contribution in [0.3, 0.4) is 0 Å². The van der Waals surface area contributed by atoms with Gasteiger partial charge in [0, 0.05) is 0 Å². The Hall–Kier alpha value is -1.17. The number of carboxylic acids is 2. The molecule has 0 saturated carbocycles. The number of aliphatic hydroxyl groups excluding tert-OH is 10. The molecule has 164 valence electrons. The molecule has 0 aliphatic rings. The van der Waals surface area contributed by atoms with E-state index in [1.165, 1.54) is 0 Å². The first-order valence-electron chi connectivity index (χ1n) is 6.95. The highest BCUT2D eigenvalue weighted by Gasteiger charge is 2.34. The fourth-order valence-electron chi connectivity index (χ4n) is 1.34. The van der Waals surface area contributed by atoms with Crippen molar-refractivity contribution in [3.63, 3.8) is 0 Å². The first kappa shape index (κ1) is 30.6. The number of hydrogen-bond acceptors (Lipinski definition) is 12. The topological polar surface area (TPSA) is 277 Å². The first-order valence-corrected chi connectivity index (χ1v) is 6.95. The van der Waals surface area contributed by atoms with Crippen molar-refractivity contribution in [3.8, 4) is 0 Å². The maximum Gasteiger partial charge on any atom is 0.335 e. The van der Waals surface area contributed by atoms with Crippen molar-refractivity contribution in [1.82, 2.24) is 0 Å². The zero-order valence-corrected chi connectivity index (χ0v) is 14.4. The second kappa shape index (κ2) is 14.8. The van der Waals surface area contributed by atoms with E-state index < -0.39 is 74.0 Å². The number of aliphatic carboxylic acids is 2. The standard InChI is InChI=1S/2C6H12O7.ClH/c2*7-1-2(8)3(9)4(10)5(11)6(12)13;/h2*2-5,7-11H,1H2,(H,12,13);1H/t2*2-,3-,4+,5-;/m11./s1. The summed E-state index contributed by atoms with van der Waals surface area (Å²) >= 11 is 0. The molecule has 0 amide bonds. The second-order valence-electron chi connectivity index (χ2n) is 5.03. The Kier molecular flexibility index (Phi) is 16.8. The van der Waals surface area contributed by atoms with Crippen LogP contribution in [0.25, 0.3) is 0 Å². The minimum absolute atomic E-state index is 0. The summed E-state index contributed by atoms with van der Waals surface area (Å²) in [6.45, 7) is -1.69.